The van der Waals surface area contributed by atoms with Gasteiger partial charge < -0.3 is 5.32 Å². The molecular formula is C10H23N3O2S. The van der Waals surface area contributed by atoms with Crippen LogP contribution in [0, 0.1) is 0 Å². The Morgan fingerprint density at radius 3 is 2.44 bits per heavy atom. The van der Waals surface area contributed by atoms with E-state index in [-0.39, 0.29) is 5.75 Å². The Bertz CT molecular complexity index is 286. The summed E-state index contributed by atoms with van der Waals surface area (Å²) in [5.74, 6) is 0.0664. The number of piperidine rings is 1. The Morgan fingerprint density at radius 2 is 1.94 bits per heavy atom. The summed E-state index contributed by atoms with van der Waals surface area (Å²) in [6.07, 6.45) is 3.25. The van der Waals surface area contributed by atoms with Crippen molar-refractivity contribution in [1.29, 1.82) is 0 Å². The molecule has 0 saturated carbocycles. The Morgan fingerprint density at radius 1 is 1.31 bits per heavy atom. The van der Waals surface area contributed by atoms with Crippen LogP contribution in [0.25, 0.3) is 0 Å². The average Bonchev–Trinajstić information content (AvgIpc) is 2.24. The molecular weight excluding hydrogens is 226 g/mol. The van der Waals surface area contributed by atoms with E-state index in [1.807, 2.05) is 0 Å². The highest BCUT2D eigenvalue weighted by molar-refractivity contribution is 7.89. The lowest BCUT2D eigenvalue weighted by Crippen LogP contribution is -2.45. The molecule has 16 heavy (non-hydrogen) atoms. The maximum Gasteiger partial charge on any atom is 0.210 e. The average molecular weight is 249 g/mol. The summed E-state index contributed by atoms with van der Waals surface area (Å²) in [5, 5.41) is 8.36. The highest BCUT2D eigenvalue weighted by atomic mass is 32.2. The minimum absolute atomic E-state index is 0.0664. The van der Waals surface area contributed by atoms with Gasteiger partial charge in [-0.25, -0.2) is 13.6 Å². The van der Waals surface area contributed by atoms with Gasteiger partial charge in [-0.3, -0.25) is 4.90 Å². The topological polar surface area (TPSA) is 75.4 Å². The molecule has 1 saturated heterocycles. The van der Waals surface area contributed by atoms with E-state index in [1.165, 1.54) is 0 Å². The number of nitrogens with two attached hydrogens (primary N) is 1. The highest BCUT2D eigenvalue weighted by Gasteiger charge is 2.21. The van der Waals surface area contributed by atoms with Crippen molar-refractivity contribution >= 4 is 10.0 Å². The van der Waals surface area contributed by atoms with Gasteiger partial charge in [-0.05, 0) is 38.9 Å². The second kappa shape index (κ2) is 6.54. The van der Waals surface area contributed by atoms with Crippen LogP contribution in [0.1, 0.15) is 26.2 Å². The van der Waals surface area contributed by atoms with Gasteiger partial charge in [0.2, 0.25) is 10.0 Å². The Labute approximate surface area is 98.4 Å². The van der Waals surface area contributed by atoms with Crippen molar-refractivity contribution in [2.75, 3.05) is 31.9 Å². The number of nitrogens with zero attached hydrogens (tertiary/aromatic N) is 1. The predicted octanol–water partition coefficient (Wildman–Crippen LogP) is -0.261. The smallest absolute Gasteiger partial charge is 0.210 e. The summed E-state index contributed by atoms with van der Waals surface area (Å²) >= 11 is 0. The lowest BCUT2D eigenvalue weighted by atomic mass is 10.0. The van der Waals surface area contributed by atoms with Crippen molar-refractivity contribution in [3.63, 3.8) is 0 Å². The maximum atomic E-state index is 11.0. The molecule has 1 rings (SSSR count). The van der Waals surface area contributed by atoms with Gasteiger partial charge in [-0.1, -0.05) is 6.92 Å². The molecule has 3 N–H and O–H groups in total. The number of primary sulfonamides is 1. The zero-order valence-electron chi connectivity index (χ0n) is 9.98. The van der Waals surface area contributed by atoms with Gasteiger partial charge in [0.15, 0.2) is 0 Å². The second-order valence-corrected chi connectivity index (χ2v) is 6.12. The monoisotopic (exact) mass is 249 g/mol. The van der Waals surface area contributed by atoms with Crippen molar-refractivity contribution in [2.45, 2.75) is 32.2 Å². The minimum Gasteiger partial charge on any atom is -0.317 e. The van der Waals surface area contributed by atoms with Crippen LogP contribution in [0.3, 0.4) is 0 Å². The lowest BCUT2D eigenvalue weighted by Gasteiger charge is -2.34. The molecule has 96 valence electrons. The maximum absolute atomic E-state index is 11.0. The van der Waals surface area contributed by atoms with Crippen LogP contribution in [-0.2, 0) is 10.0 Å². The first-order valence-corrected chi connectivity index (χ1v) is 7.69. The van der Waals surface area contributed by atoms with Crippen LogP contribution in [0.2, 0.25) is 0 Å². The van der Waals surface area contributed by atoms with Crippen LogP contribution in [-0.4, -0.2) is 51.3 Å². The molecule has 1 heterocycles. The lowest BCUT2D eigenvalue weighted by molar-refractivity contribution is 0.171. The standard InChI is InChI=1S/C10H23N3O2S/c1-2-7-13(8-9-16(11,14)15)10-3-5-12-6-4-10/h10,12H,2-9H2,1H3,(H2,11,14,15). The van der Waals surface area contributed by atoms with Crippen LogP contribution < -0.4 is 10.5 Å². The van der Waals surface area contributed by atoms with Crippen LogP contribution in [0.4, 0.5) is 0 Å². The summed E-state index contributed by atoms with van der Waals surface area (Å²) in [5.41, 5.74) is 0. The summed E-state index contributed by atoms with van der Waals surface area (Å²) in [6.45, 7) is 5.70. The molecule has 5 nitrogen and oxygen atoms in total. The van der Waals surface area contributed by atoms with E-state index in [2.05, 4.69) is 17.1 Å². The molecule has 1 fully saturated rings. The number of rotatable bonds is 6. The molecule has 1 aliphatic heterocycles. The third-order valence-corrected chi connectivity index (χ3v) is 3.75. The molecule has 1 aliphatic rings. The fraction of sp³-hybridized carbons (Fsp3) is 1.00. The molecule has 0 aromatic rings. The summed E-state index contributed by atoms with van der Waals surface area (Å²) in [4.78, 5) is 2.27. The van der Waals surface area contributed by atoms with Crippen molar-refractivity contribution in [3.8, 4) is 0 Å². The quantitative estimate of drug-likeness (QED) is 0.680. The molecule has 0 aromatic heterocycles. The first-order valence-electron chi connectivity index (χ1n) is 5.98. The van der Waals surface area contributed by atoms with Gasteiger partial charge >= 0.3 is 0 Å². The second-order valence-electron chi connectivity index (χ2n) is 4.38. The van der Waals surface area contributed by atoms with Gasteiger partial charge in [0.05, 0.1) is 5.75 Å². The van der Waals surface area contributed by atoms with E-state index in [9.17, 15) is 8.42 Å². The third kappa shape index (κ3) is 5.25. The first kappa shape index (κ1) is 13.9. The number of sulfonamides is 1. The SMILES string of the molecule is CCCN(CCS(N)(=O)=O)C1CCNCC1. The van der Waals surface area contributed by atoms with E-state index < -0.39 is 10.0 Å². The van der Waals surface area contributed by atoms with Crippen LogP contribution in [0.15, 0.2) is 0 Å². The van der Waals surface area contributed by atoms with E-state index in [0.29, 0.717) is 12.6 Å². The normalized spacial score (nSPS) is 19.2. The molecule has 0 spiro atoms. The van der Waals surface area contributed by atoms with Gasteiger partial charge in [0.25, 0.3) is 0 Å². The van der Waals surface area contributed by atoms with Gasteiger partial charge in [-0.2, -0.15) is 0 Å². The van der Waals surface area contributed by atoms with Gasteiger partial charge in [-0.15, -0.1) is 0 Å². The van der Waals surface area contributed by atoms with Gasteiger partial charge in [0, 0.05) is 12.6 Å². The highest BCUT2D eigenvalue weighted by Crippen LogP contribution is 2.12. The molecule has 0 atom stereocenters. The predicted molar refractivity (Wildman–Crippen MR) is 65.7 cm³/mol. The number of hydrogen-bond donors (Lipinski definition) is 2. The van der Waals surface area contributed by atoms with Crippen LogP contribution >= 0.6 is 0 Å². The van der Waals surface area contributed by atoms with Crippen LogP contribution in [0.5, 0.6) is 0 Å². The molecule has 0 bridgehead atoms. The van der Waals surface area contributed by atoms with Gasteiger partial charge in [0.1, 0.15) is 0 Å². The zero-order valence-corrected chi connectivity index (χ0v) is 10.8. The summed E-state index contributed by atoms with van der Waals surface area (Å²) < 4.78 is 21.9. The number of hydrogen-bond acceptors (Lipinski definition) is 4. The minimum atomic E-state index is -3.33. The fourth-order valence-corrected chi connectivity index (χ4v) is 2.67. The fourth-order valence-electron chi connectivity index (χ4n) is 2.18. The molecule has 0 aliphatic carbocycles. The van der Waals surface area contributed by atoms with Crippen molar-refractivity contribution < 1.29 is 8.42 Å². The molecule has 0 amide bonds. The van der Waals surface area contributed by atoms with Crippen molar-refractivity contribution in [3.05, 3.63) is 0 Å². The molecule has 0 radical (unpaired) electrons. The Balaban J connectivity index is 2.45. The summed E-state index contributed by atoms with van der Waals surface area (Å²) in [7, 11) is -3.33. The van der Waals surface area contributed by atoms with E-state index in [4.69, 9.17) is 5.14 Å². The largest absolute Gasteiger partial charge is 0.317 e. The third-order valence-electron chi connectivity index (χ3n) is 3.00. The Hall–Kier alpha value is -0.170. The molecule has 6 heteroatoms. The Kier molecular flexibility index (Phi) is 5.68. The zero-order chi connectivity index (χ0) is 12.0. The van der Waals surface area contributed by atoms with Crippen molar-refractivity contribution in [2.24, 2.45) is 5.14 Å². The number of nitrogens with one attached hydrogen (secondary N) is 1. The van der Waals surface area contributed by atoms with E-state index in [0.717, 1.165) is 38.9 Å². The van der Waals surface area contributed by atoms with E-state index >= 15 is 0 Å². The van der Waals surface area contributed by atoms with Crippen molar-refractivity contribution in [1.82, 2.24) is 10.2 Å². The first-order chi connectivity index (χ1) is 7.53. The molecule has 0 unspecified atom stereocenters. The summed E-state index contributed by atoms with van der Waals surface area (Å²) in [6, 6.07) is 0.517. The van der Waals surface area contributed by atoms with E-state index in [1.54, 1.807) is 0 Å². The molecule has 0 aromatic carbocycles.